The second-order valence-corrected chi connectivity index (χ2v) is 4.17. The molecule has 5 heteroatoms. The lowest BCUT2D eigenvalue weighted by Gasteiger charge is -1.95. The summed E-state index contributed by atoms with van der Waals surface area (Å²) < 4.78 is 0. The highest BCUT2D eigenvalue weighted by molar-refractivity contribution is 8.05. The maximum absolute atomic E-state index is 11.2. The Bertz CT molecular complexity index is 413. The van der Waals surface area contributed by atoms with Crippen molar-refractivity contribution in [3.63, 3.8) is 0 Å². The van der Waals surface area contributed by atoms with Gasteiger partial charge in [-0.3, -0.25) is 4.79 Å². The first-order valence-electron chi connectivity index (χ1n) is 4.31. The Morgan fingerprint density at radius 1 is 1.33 bits per heavy atom. The van der Waals surface area contributed by atoms with Gasteiger partial charge in [-0.05, 0) is 23.8 Å². The molecule has 15 heavy (non-hydrogen) atoms. The van der Waals surface area contributed by atoms with Crippen molar-refractivity contribution in [3.8, 4) is 5.75 Å². The van der Waals surface area contributed by atoms with Crippen LogP contribution >= 0.6 is 11.8 Å². The molecule has 3 N–H and O–H groups in total. The molecule has 0 radical (unpaired) electrons. The molecule has 78 valence electrons. The van der Waals surface area contributed by atoms with E-state index in [2.05, 4.69) is 5.32 Å². The summed E-state index contributed by atoms with van der Waals surface area (Å²) in [4.78, 5) is 11.7. The van der Waals surface area contributed by atoms with Crippen LogP contribution in [0.1, 0.15) is 5.56 Å². The predicted molar refractivity (Wildman–Crippen MR) is 57.8 cm³/mol. The van der Waals surface area contributed by atoms with Gasteiger partial charge in [-0.15, -0.1) is 0 Å². The molecule has 0 saturated carbocycles. The quantitative estimate of drug-likeness (QED) is 0.618. The first kappa shape index (κ1) is 10.1. The van der Waals surface area contributed by atoms with Crippen LogP contribution < -0.4 is 5.32 Å². The van der Waals surface area contributed by atoms with Crippen LogP contribution in [0, 0.1) is 0 Å². The summed E-state index contributed by atoms with van der Waals surface area (Å²) >= 11 is 1.07. The highest BCUT2D eigenvalue weighted by Crippen LogP contribution is 2.27. The number of amides is 1. The Kier molecular flexibility index (Phi) is 2.66. The molecule has 1 aliphatic rings. The van der Waals surface area contributed by atoms with E-state index < -0.39 is 5.56 Å². The van der Waals surface area contributed by atoms with E-state index in [-0.39, 0.29) is 11.7 Å². The molecule has 4 nitrogen and oxygen atoms in total. The van der Waals surface area contributed by atoms with Crippen molar-refractivity contribution in [3.05, 3.63) is 34.7 Å². The van der Waals surface area contributed by atoms with Gasteiger partial charge in [0.2, 0.25) is 0 Å². The molecule has 1 amide bonds. The molecule has 0 bridgehead atoms. The lowest BCUT2D eigenvalue weighted by molar-refractivity contribution is -0.117. The summed E-state index contributed by atoms with van der Waals surface area (Å²) in [5.74, 6) is -0.0960. The van der Waals surface area contributed by atoms with Gasteiger partial charge in [0.1, 0.15) is 5.75 Å². The minimum atomic E-state index is -0.860. The zero-order chi connectivity index (χ0) is 10.8. The molecule has 1 saturated heterocycles. The molecule has 0 spiro atoms. The van der Waals surface area contributed by atoms with E-state index in [1.54, 1.807) is 30.3 Å². The van der Waals surface area contributed by atoms with Crippen LogP contribution in [0.2, 0.25) is 0 Å². The van der Waals surface area contributed by atoms with Crippen molar-refractivity contribution >= 4 is 23.7 Å². The molecule has 1 atom stereocenters. The monoisotopic (exact) mass is 223 g/mol. The SMILES string of the molecule is O=C1NC(O)S/C1=C\c1ccc(O)cc1. The molecule has 0 aliphatic carbocycles. The van der Waals surface area contributed by atoms with E-state index in [4.69, 9.17) is 10.2 Å². The number of aliphatic hydroxyl groups is 1. The highest BCUT2D eigenvalue weighted by atomic mass is 32.2. The molecule has 0 aromatic heterocycles. The number of hydrogen-bond donors (Lipinski definition) is 3. The molecule has 1 unspecified atom stereocenters. The van der Waals surface area contributed by atoms with Crippen LogP contribution in [0.5, 0.6) is 5.75 Å². The molecule has 1 aromatic rings. The van der Waals surface area contributed by atoms with Gasteiger partial charge in [0, 0.05) is 0 Å². The second-order valence-electron chi connectivity index (χ2n) is 3.04. The van der Waals surface area contributed by atoms with Gasteiger partial charge in [0.25, 0.3) is 5.91 Å². The number of carbonyl (C=O) groups excluding carboxylic acids is 1. The number of phenols is 1. The zero-order valence-corrected chi connectivity index (χ0v) is 8.49. The fourth-order valence-corrected chi connectivity index (χ4v) is 1.98. The van der Waals surface area contributed by atoms with Gasteiger partial charge in [0.15, 0.2) is 5.56 Å². The Balaban J connectivity index is 2.23. The van der Waals surface area contributed by atoms with Gasteiger partial charge >= 0.3 is 0 Å². The fraction of sp³-hybridized carbons (Fsp3) is 0.100. The van der Waals surface area contributed by atoms with E-state index in [0.717, 1.165) is 17.3 Å². The number of nitrogens with one attached hydrogen (secondary N) is 1. The van der Waals surface area contributed by atoms with Crippen LogP contribution in [-0.2, 0) is 4.79 Å². The van der Waals surface area contributed by atoms with Gasteiger partial charge in [0.05, 0.1) is 4.91 Å². The summed E-state index contributed by atoms with van der Waals surface area (Å²) in [6.07, 6.45) is 1.66. The van der Waals surface area contributed by atoms with Gasteiger partial charge < -0.3 is 15.5 Å². The van der Waals surface area contributed by atoms with Gasteiger partial charge in [-0.25, -0.2) is 0 Å². The standard InChI is InChI=1S/C10H9NO3S/c12-7-3-1-6(2-4-7)5-8-9(13)11-10(14)15-8/h1-5,10,12,14H,(H,11,13)/b8-5-. The van der Waals surface area contributed by atoms with Crippen LogP contribution in [-0.4, -0.2) is 21.7 Å². The zero-order valence-electron chi connectivity index (χ0n) is 7.68. The third-order valence-corrected chi connectivity index (χ3v) is 2.81. The average molecular weight is 223 g/mol. The number of carbonyl (C=O) groups is 1. The van der Waals surface area contributed by atoms with Crippen molar-refractivity contribution in [1.29, 1.82) is 0 Å². The molecular weight excluding hydrogens is 214 g/mol. The van der Waals surface area contributed by atoms with E-state index in [1.165, 1.54) is 0 Å². The average Bonchev–Trinajstić information content (AvgIpc) is 2.49. The van der Waals surface area contributed by atoms with E-state index in [0.29, 0.717) is 4.91 Å². The minimum Gasteiger partial charge on any atom is -0.508 e. The van der Waals surface area contributed by atoms with Crippen LogP contribution in [0.25, 0.3) is 6.08 Å². The number of phenolic OH excluding ortho intramolecular Hbond substituents is 1. The third-order valence-electron chi connectivity index (χ3n) is 1.91. The Morgan fingerprint density at radius 2 is 2.00 bits per heavy atom. The predicted octanol–water partition coefficient (Wildman–Crippen LogP) is 0.872. The molecule has 1 aromatic carbocycles. The number of aromatic hydroxyl groups is 1. The van der Waals surface area contributed by atoms with E-state index >= 15 is 0 Å². The number of benzene rings is 1. The third kappa shape index (κ3) is 2.31. The molecule has 1 heterocycles. The van der Waals surface area contributed by atoms with Crippen LogP contribution in [0.4, 0.5) is 0 Å². The number of thioether (sulfide) groups is 1. The second kappa shape index (κ2) is 3.96. The summed E-state index contributed by atoms with van der Waals surface area (Å²) in [5, 5.41) is 20.6. The topological polar surface area (TPSA) is 69.6 Å². The molecule has 2 rings (SSSR count). The largest absolute Gasteiger partial charge is 0.508 e. The molecule has 1 fully saturated rings. The fourth-order valence-electron chi connectivity index (χ4n) is 1.21. The number of rotatable bonds is 1. The smallest absolute Gasteiger partial charge is 0.260 e. The minimum absolute atomic E-state index is 0.181. The first-order chi connectivity index (χ1) is 7.15. The molecule has 1 aliphatic heterocycles. The number of hydrogen-bond acceptors (Lipinski definition) is 4. The van der Waals surface area contributed by atoms with Crippen LogP contribution in [0.3, 0.4) is 0 Å². The Labute approximate surface area is 90.6 Å². The van der Waals surface area contributed by atoms with Crippen molar-refractivity contribution in [2.24, 2.45) is 0 Å². The summed E-state index contributed by atoms with van der Waals surface area (Å²) in [6, 6.07) is 6.47. The van der Waals surface area contributed by atoms with Crippen molar-refractivity contribution in [2.75, 3.05) is 0 Å². The summed E-state index contributed by atoms with van der Waals surface area (Å²) in [5.41, 5.74) is -0.0552. The van der Waals surface area contributed by atoms with Gasteiger partial charge in [-0.2, -0.15) is 0 Å². The number of aliphatic hydroxyl groups excluding tert-OH is 1. The van der Waals surface area contributed by atoms with Crippen LogP contribution in [0.15, 0.2) is 29.2 Å². The summed E-state index contributed by atoms with van der Waals surface area (Å²) in [6.45, 7) is 0. The van der Waals surface area contributed by atoms with E-state index in [1.807, 2.05) is 0 Å². The van der Waals surface area contributed by atoms with Crippen molar-refractivity contribution in [1.82, 2.24) is 5.32 Å². The Morgan fingerprint density at radius 3 is 2.53 bits per heavy atom. The van der Waals surface area contributed by atoms with Crippen molar-refractivity contribution in [2.45, 2.75) is 5.56 Å². The van der Waals surface area contributed by atoms with E-state index in [9.17, 15) is 4.79 Å². The van der Waals surface area contributed by atoms with Crippen molar-refractivity contribution < 1.29 is 15.0 Å². The first-order valence-corrected chi connectivity index (χ1v) is 5.19. The lowest BCUT2D eigenvalue weighted by atomic mass is 10.2. The highest BCUT2D eigenvalue weighted by Gasteiger charge is 2.24. The maximum atomic E-state index is 11.2. The Hall–Kier alpha value is -1.46. The molecular formula is C10H9NO3S. The van der Waals surface area contributed by atoms with Gasteiger partial charge in [-0.1, -0.05) is 23.9 Å². The maximum Gasteiger partial charge on any atom is 0.260 e. The summed E-state index contributed by atoms with van der Waals surface area (Å²) in [7, 11) is 0. The lowest BCUT2D eigenvalue weighted by Crippen LogP contribution is -2.23. The normalized spacial score (nSPS) is 23.1.